The minimum absolute atomic E-state index is 0.0320. The third kappa shape index (κ3) is 3.19. The molecule has 1 aliphatic heterocycles. The molecule has 0 aromatic carbocycles. The van der Waals surface area contributed by atoms with Gasteiger partial charge in [0.2, 0.25) is 20.0 Å². The summed E-state index contributed by atoms with van der Waals surface area (Å²) >= 11 is 0. The third-order valence-electron chi connectivity index (χ3n) is 2.69. The van der Waals surface area contributed by atoms with E-state index in [1.165, 1.54) is 14.2 Å². The van der Waals surface area contributed by atoms with Gasteiger partial charge in [0.1, 0.15) is 0 Å². The fraction of sp³-hybridized carbons (Fsp3) is 1.00. The Balaban J connectivity index is 3.13. The first-order valence-corrected chi connectivity index (χ1v) is 8.82. The van der Waals surface area contributed by atoms with Gasteiger partial charge in [0.25, 0.3) is 0 Å². The molecule has 0 aromatic heterocycles. The van der Waals surface area contributed by atoms with Crippen molar-refractivity contribution in [3.8, 4) is 0 Å². The van der Waals surface area contributed by atoms with Crippen LogP contribution in [0.3, 0.4) is 0 Å². The molecule has 0 N–H and O–H groups in total. The van der Waals surface area contributed by atoms with Crippen LogP contribution in [-0.4, -0.2) is 77.7 Å². The number of piperazine rings is 1. The molecule has 1 heterocycles. The van der Waals surface area contributed by atoms with E-state index in [1.807, 2.05) is 0 Å². The van der Waals surface area contributed by atoms with Gasteiger partial charge in [-0.25, -0.2) is 16.8 Å². The lowest BCUT2D eigenvalue weighted by Crippen LogP contribution is -2.63. The van der Waals surface area contributed by atoms with E-state index in [0.29, 0.717) is 0 Å². The van der Waals surface area contributed by atoms with Gasteiger partial charge in [-0.1, -0.05) is 0 Å². The number of ether oxygens (including phenoxy) is 2. The van der Waals surface area contributed by atoms with E-state index in [0.717, 1.165) is 21.1 Å². The molecule has 2 atom stereocenters. The number of sulfonamides is 2. The van der Waals surface area contributed by atoms with E-state index in [-0.39, 0.29) is 13.1 Å². The van der Waals surface area contributed by atoms with Gasteiger partial charge in [-0.3, -0.25) is 0 Å². The Kier molecular flexibility index (Phi) is 4.73. The highest BCUT2D eigenvalue weighted by atomic mass is 32.2. The highest BCUT2D eigenvalue weighted by molar-refractivity contribution is 7.88. The summed E-state index contributed by atoms with van der Waals surface area (Å²) in [5, 5.41) is 0. The van der Waals surface area contributed by atoms with Crippen LogP contribution in [0.25, 0.3) is 0 Å². The zero-order valence-electron chi connectivity index (χ0n) is 10.7. The van der Waals surface area contributed by atoms with Crippen molar-refractivity contribution in [2.75, 3.05) is 39.8 Å². The largest absolute Gasteiger partial charge is 0.361 e. The number of hydrogen-bond acceptors (Lipinski definition) is 6. The molecule has 1 aliphatic rings. The summed E-state index contributed by atoms with van der Waals surface area (Å²) in [5.74, 6) is 0. The van der Waals surface area contributed by atoms with Crippen LogP contribution in [0.15, 0.2) is 0 Å². The molecule has 18 heavy (non-hydrogen) atoms. The van der Waals surface area contributed by atoms with Gasteiger partial charge in [-0.15, -0.1) is 0 Å². The fourth-order valence-electron chi connectivity index (χ4n) is 1.91. The van der Waals surface area contributed by atoms with E-state index in [4.69, 9.17) is 9.47 Å². The summed E-state index contributed by atoms with van der Waals surface area (Å²) in [7, 11) is -4.37. The Hall–Kier alpha value is -0.260. The second-order valence-electron chi connectivity index (χ2n) is 4.00. The summed E-state index contributed by atoms with van der Waals surface area (Å²) in [4.78, 5) is 0. The minimum Gasteiger partial charge on any atom is -0.361 e. The molecule has 0 saturated carbocycles. The van der Waals surface area contributed by atoms with Crippen LogP contribution in [0, 0.1) is 0 Å². The molecule has 0 unspecified atom stereocenters. The van der Waals surface area contributed by atoms with Gasteiger partial charge in [-0.2, -0.15) is 8.61 Å². The monoisotopic (exact) mass is 302 g/mol. The fourth-order valence-corrected chi connectivity index (χ4v) is 3.87. The van der Waals surface area contributed by atoms with Gasteiger partial charge in [-0.05, 0) is 0 Å². The first kappa shape index (κ1) is 15.8. The molecular formula is C8H18N2O6S2. The van der Waals surface area contributed by atoms with Gasteiger partial charge < -0.3 is 9.47 Å². The predicted octanol–water partition coefficient (Wildman–Crippen LogP) is -1.53. The van der Waals surface area contributed by atoms with Crippen molar-refractivity contribution < 1.29 is 26.3 Å². The number of nitrogens with zero attached hydrogens (tertiary/aromatic N) is 2. The molecule has 10 heteroatoms. The van der Waals surface area contributed by atoms with Crippen LogP contribution >= 0.6 is 0 Å². The van der Waals surface area contributed by atoms with Crippen molar-refractivity contribution in [2.24, 2.45) is 0 Å². The van der Waals surface area contributed by atoms with Gasteiger partial charge >= 0.3 is 0 Å². The van der Waals surface area contributed by atoms with Crippen LogP contribution < -0.4 is 0 Å². The quantitative estimate of drug-likeness (QED) is 0.625. The average molecular weight is 302 g/mol. The second kappa shape index (κ2) is 5.39. The zero-order chi connectivity index (χ0) is 14.1. The Morgan fingerprint density at radius 3 is 1.28 bits per heavy atom. The maximum Gasteiger partial charge on any atom is 0.213 e. The summed E-state index contributed by atoms with van der Waals surface area (Å²) in [5.41, 5.74) is 0. The second-order valence-corrected chi connectivity index (χ2v) is 7.87. The van der Waals surface area contributed by atoms with Crippen molar-refractivity contribution in [1.29, 1.82) is 0 Å². The minimum atomic E-state index is -3.49. The Morgan fingerprint density at radius 2 is 1.11 bits per heavy atom. The van der Waals surface area contributed by atoms with Gasteiger partial charge in [0.15, 0.2) is 12.5 Å². The SMILES string of the molecule is CO[C@H]1[C@H](OC)N(S(C)(=O)=O)CCN1S(C)(=O)=O. The lowest BCUT2D eigenvalue weighted by atomic mass is 10.3. The van der Waals surface area contributed by atoms with E-state index in [9.17, 15) is 16.8 Å². The lowest BCUT2D eigenvalue weighted by molar-refractivity contribution is -0.153. The Bertz CT molecular complexity index is 442. The highest BCUT2D eigenvalue weighted by Gasteiger charge is 2.44. The normalized spacial score (nSPS) is 28.4. The van der Waals surface area contributed by atoms with Crippen LogP contribution in [-0.2, 0) is 29.5 Å². The van der Waals surface area contributed by atoms with Gasteiger partial charge in [0.05, 0.1) is 12.5 Å². The maximum atomic E-state index is 11.6. The van der Waals surface area contributed by atoms with Crippen molar-refractivity contribution in [3.63, 3.8) is 0 Å². The van der Waals surface area contributed by atoms with Crippen molar-refractivity contribution in [3.05, 3.63) is 0 Å². The summed E-state index contributed by atoms with van der Waals surface area (Å²) < 4.78 is 58.7. The number of rotatable bonds is 4. The van der Waals surface area contributed by atoms with E-state index < -0.39 is 32.5 Å². The molecule has 1 fully saturated rings. The Labute approximate surface area is 108 Å². The Morgan fingerprint density at radius 1 is 0.833 bits per heavy atom. The molecular weight excluding hydrogens is 284 g/mol. The van der Waals surface area contributed by atoms with Crippen molar-refractivity contribution in [1.82, 2.24) is 8.61 Å². The molecule has 0 aliphatic carbocycles. The van der Waals surface area contributed by atoms with Crippen LogP contribution in [0.2, 0.25) is 0 Å². The van der Waals surface area contributed by atoms with Crippen molar-refractivity contribution >= 4 is 20.0 Å². The maximum absolute atomic E-state index is 11.6. The van der Waals surface area contributed by atoms with Gasteiger partial charge in [0, 0.05) is 27.3 Å². The van der Waals surface area contributed by atoms with Crippen LogP contribution in [0.5, 0.6) is 0 Å². The molecule has 0 amide bonds. The van der Waals surface area contributed by atoms with Crippen LogP contribution in [0.1, 0.15) is 0 Å². The molecule has 0 spiro atoms. The predicted molar refractivity (Wildman–Crippen MR) is 64.7 cm³/mol. The van der Waals surface area contributed by atoms with E-state index in [2.05, 4.69) is 0 Å². The molecule has 8 nitrogen and oxygen atoms in total. The smallest absolute Gasteiger partial charge is 0.213 e. The summed E-state index contributed by atoms with van der Waals surface area (Å²) in [6.45, 7) is 0.0640. The molecule has 0 radical (unpaired) electrons. The molecule has 1 rings (SSSR count). The van der Waals surface area contributed by atoms with E-state index in [1.54, 1.807) is 0 Å². The number of methoxy groups -OCH3 is 2. The molecule has 0 bridgehead atoms. The standard InChI is InChI=1S/C8H18N2O6S2/c1-15-7-8(16-2)10(18(4,13)14)6-5-9(7)17(3,11)12/h7-8H,5-6H2,1-4H3/t7-,8-/m0/s1. The average Bonchev–Trinajstić information content (AvgIpc) is 2.24. The van der Waals surface area contributed by atoms with E-state index >= 15 is 0 Å². The third-order valence-corrected chi connectivity index (χ3v) is 5.17. The van der Waals surface area contributed by atoms with Crippen molar-refractivity contribution in [2.45, 2.75) is 12.5 Å². The molecule has 0 aromatic rings. The topological polar surface area (TPSA) is 93.2 Å². The first-order chi connectivity index (χ1) is 8.12. The highest BCUT2D eigenvalue weighted by Crippen LogP contribution is 2.23. The molecule has 1 saturated heterocycles. The summed E-state index contributed by atoms with van der Waals surface area (Å²) in [6.07, 6.45) is 0.103. The zero-order valence-corrected chi connectivity index (χ0v) is 12.4. The molecule has 108 valence electrons. The van der Waals surface area contributed by atoms with Crippen LogP contribution in [0.4, 0.5) is 0 Å². The lowest BCUT2D eigenvalue weighted by Gasteiger charge is -2.43. The number of hydrogen-bond donors (Lipinski definition) is 0. The summed E-state index contributed by atoms with van der Waals surface area (Å²) in [6, 6.07) is 0. The first-order valence-electron chi connectivity index (χ1n) is 5.12.